The van der Waals surface area contributed by atoms with Crippen molar-refractivity contribution >= 4 is 34.4 Å². The lowest BCUT2D eigenvalue weighted by Crippen LogP contribution is -2.46. The van der Waals surface area contributed by atoms with Crippen molar-refractivity contribution in [2.75, 3.05) is 19.0 Å². The van der Waals surface area contributed by atoms with Gasteiger partial charge in [-0.1, -0.05) is 18.9 Å². The fourth-order valence-corrected chi connectivity index (χ4v) is 4.47. The fraction of sp³-hybridized carbons (Fsp3) is 0.500. The molecule has 1 aliphatic carbocycles. The summed E-state index contributed by atoms with van der Waals surface area (Å²) >= 11 is 0. The number of fused-ring (bicyclic) bond motifs is 1. The van der Waals surface area contributed by atoms with E-state index in [9.17, 15) is 18.0 Å². The van der Waals surface area contributed by atoms with Crippen LogP contribution in [0.25, 0.3) is 10.9 Å². The topological polar surface area (TPSA) is 90.9 Å². The van der Waals surface area contributed by atoms with Crippen molar-refractivity contribution < 1.29 is 22.7 Å². The first-order chi connectivity index (χ1) is 15.1. The number of rotatable bonds is 3. The summed E-state index contributed by atoms with van der Waals surface area (Å²) in [5, 5.41) is 6.48. The van der Waals surface area contributed by atoms with Crippen molar-refractivity contribution in [3.8, 4) is 0 Å². The van der Waals surface area contributed by atoms with E-state index < -0.39 is 24.7 Å². The number of carbonyl (C=O) groups is 1. The Morgan fingerprint density at radius 3 is 2.66 bits per heavy atom. The van der Waals surface area contributed by atoms with E-state index in [1.165, 1.54) is 13.3 Å². The summed E-state index contributed by atoms with van der Waals surface area (Å²) in [6, 6.07) is 3.32. The number of ether oxygens (including phenoxy) is 1. The molecule has 0 saturated heterocycles. The molecule has 1 aliphatic heterocycles. The summed E-state index contributed by atoms with van der Waals surface area (Å²) in [5.41, 5.74) is 1.93. The zero-order chi connectivity index (χ0) is 23.1. The minimum atomic E-state index is -4.48. The van der Waals surface area contributed by atoms with E-state index in [1.807, 2.05) is 0 Å². The third-order valence-electron chi connectivity index (χ3n) is 6.31. The van der Waals surface area contributed by atoms with Crippen LogP contribution in [0.3, 0.4) is 0 Å². The molecule has 1 aromatic heterocycles. The molecule has 1 unspecified atom stereocenters. The molecule has 0 bridgehead atoms. The van der Waals surface area contributed by atoms with Crippen molar-refractivity contribution in [3.05, 3.63) is 29.5 Å². The Balaban J connectivity index is 1.74. The normalized spacial score (nSPS) is 20.6. The predicted molar refractivity (Wildman–Crippen MR) is 117 cm³/mol. The van der Waals surface area contributed by atoms with Crippen molar-refractivity contribution in [1.82, 2.24) is 10.3 Å². The van der Waals surface area contributed by atoms with Crippen LogP contribution in [0.4, 0.5) is 23.7 Å². The molecule has 0 radical (unpaired) electrons. The number of guanidine groups is 1. The molecule has 1 fully saturated rings. The molecule has 1 amide bonds. The Kier molecular flexibility index (Phi) is 5.64. The number of aliphatic imine (C=N–C) groups is 2. The van der Waals surface area contributed by atoms with Crippen molar-refractivity contribution in [2.24, 2.45) is 15.9 Å². The van der Waals surface area contributed by atoms with Gasteiger partial charge in [-0.2, -0.15) is 13.2 Å². The summed E-state index contributed by atoms with van der Waals surface area (Å²) in [7, 11) is 1.26. The number of aromatic nitrogens is 1. The zero-order valence-corrected chi connectivity index (χ0v) is 18.2. The first-order valence-electron chi connectivity index (χ1n) is 10.6. The number of alkyl halides is 3. The number of benzene rings is 1. The fourth-order valence-electron chi connectivity index (χ4n) is 4.47. The highest BCUT2D eigenvalue weighted by Crippen LogP contribution is 2.36. The molecule has 172 valence electrons. The first-order valence-corrected chi connectivity index (χ1v) is 10.6. The monoisotopic (exact) mass is 449 g/mol. The van der Waals surface area contributed by atoms with Crippen LogP contribution in [-0.2, 0) is 4.74 Å². The lowest BCUT2D eigenvalue weighted by molar-refractivity contribution is -0.152. The van der Waals surface area contributed by atoms with Crippen molar-refractivity contribution in [3.63, 3.8) is 0 Å². The van der Waals surface area contributed by atoms with Gasteiger partial charge in [-0.05, 0) is 38.3 Å². The van der Waals surface area contributed by atoms with Gasteiger partial charge in [0.2, 0.25) is 5.96 Å². The van der Waals surface area contributed by atoms with Crippen LogP contribution in [0.2, 0.25) is 0 Å². The Morgan fingerprint density at radius 1 is 1.28 bits per heavy atom. The van der Waals surface area contributed by atoms with Gasteiger partial charge in [0.05, 0.1) is 24.9 Å². The van der Waals surface area contributed by atoms with Crippen LogP contribution in [0.15, 0.2) is 28.3 Å². The van der Waals surface area contributed by atoms with E-state index >= 15 is 0 Å². The molecule has 3 N–H and O–H groups in total. The van der Waals surface area contributed by atoms with Crippen molar-refractivity contribution in [1.29, 1.82) is 0 Å². The molecule has 32 heavy (non-hydrogen) atoms. The lowest BCUT2D eigenvalue weighted by atomic mass is 9.93. The molecule has 1 atom stereocenters. The van der Waals surface area contributed by atoms with Crippen LogP contribution >= 0.6 is 0 Å². The second-order valence-corrected chi connectivity index (χ2v) is 8.63. The van der Waals surface area contributed by atoms with Crippen LogP contribution < -0.4 is 10.6 Å². The third kappa shape index (κ3) is 4.18. The maximum Gasteiger partial charge on any atom is 0.411 e. The van der Waals surface area contributed by atoms with Crippen LogP contribution in [-0.4, -0.2) is 48.1 Å². The number of hydrogen-bond donors (Lipinski definition) is 3. The molecule has 2 aliphatic rings. The van der Waals surface area contributed by atoms with Gasteiger partial charge in [0.15, 0.2) is 0 Å². The van der Waals surface area contributed by atoms with Gasteiger partial charge < -0.3 is 15.0 Å². The van der Waals surface area contributed by atoms with Crippen LogP contribution in [0, 0.1) is 12.8 Å². The SMILES string of the molecule is COC(=O)Nc1ccc2c(C3=NC(NC4(C)CCCC4)=NCC3C(F)(F)F)c[nH]c2c1C. The minimum absolute atomic E-state index is 0.0593. The Bertz CT molecular complexity index is 1100. The zero-order valence-electron chi connectivity index (χ0n) is 18.2. The van der Waals surface area contributed by atoms with E-state index in [4.69, 9.17) is 0 Å². The summed E-state index contributed by atoms with van der Waals surface area (Å²) in [5.74, 6) is -1.54. The number of aryl methyl sites for hydroxylation is 1. The average Bonchev–Trinajstić information content (AvgIpc) is 3.35. The molecule has 7 nitrogen and oxygen atoms in total. The van der Waals surface area contributed by atoms with Gasteiger partial charge in [-0.3, -0.25) is 10.3 Å². The smallest absolute Gasteiger partial charge is 0.411 e. The number of nitrogens with one attached hydrogen (secondary N) is 3. The average molecular weight is 449 g/mol. The van der Waals surface area contributed by atoms with E-state index in [2.05, 4.69) is 37.3 Å². The summed E-state index contributed by atoms with van der Waals surface area (Å²) < 4.78 is 46.2. The van der Waals surface area contributed by atoms with Crippen LogP contribution in [0.1, 0.15) is 43.7 Å². The largest absolute Gasteiger partial charge is 0.453 e. The van der Waals surface area contributed by atoms with E-state index in [-0.39, 0.29) is 17.2 Å². The second kappa shape index (κ2) is 8.14. The van der Waals surface area contributed by atoms with E-state index in [1.54, 1.807) is 19.1 Å². The number of methoxy groups -OCH3 is 1. The highest BCUT2D eigenvalue weighted by molar-refractivity contribution is 6.17. The number of H-pyrrole nitrogens is 1. The predicted octanol–water partition coefficient (Wildman–Crippen LogP) is 4.91. The molecule has 0 spiro atoms. The van der Waals surface area contributed by atoms with Gasteiger partial charge in [-0.25, -0.2) is 9.79 Å². The minimum Gasteiger partial charge on any atom is -0.453 e. The summed E-state index contributed by atoms with van der Waals surface area (Å²) in [6.07, 6.45) is 0.446. The first kappa shape index (κ1) is 22.2. The quantitative estimate of drug-likeness (QED) is 0.622. The van der Waals surface area contributed by atoms with Gasteiger partial charge in [0, 0.05) is 28.4 Å². The lowest BCUT2D eigenvalue weighted by Gasteiger charge is -2.29. The Morgan fingerprint density at radius 2 is 2.00 bits per heavy atom. The number of nitrogens with zero attached hydrogens (tertiary/aromatic N) is 2. The number of anilines is 1. The molecular formula is C22H26F3N5O2. The molecule has 2 aromatic rings. The maximum atomic E-state index is 13.9. The third-order valence-corrected chi connectivity index (χ3v) is 6.31. The molecular weight excluding hydrogens is 423 g/mol. The Labute approximate surface area is 183 Å². The molecule has 4 rings (SSSR count). The number of halogens is 3. The highest BCUT2D eigenvalue weighted by Gasteiger charge is 2.46. The summed E-state index contributed by atoms with van der Waals surface area (Å²) in [4.78, 5) is 23.1. The maximum absolute atomic E-state index is 13.9. The van der Waals surface area contributed by atoms with E-state index in [0.717, 1.165) is 25.7 Å². The number of carbonyl (C=O) groups excluding carboxylic acids is 1. The van der Waals surface area contributed by atoms with Gasteiger partial charge in [0.25, 0.3) is 0 Å². The van der Waals surface area contributed by atoms with Gasteiger partial charge in [0.1, 0.15) is 5.92 Å². The van der Waals surface area contributed by atoms with Gasteiger partial charge in [-0.15, -0.1) is 0 Å². The van der Waals surface area contributed by atoms with Crippen molar-refractivity contribution in [2.45, 2.75) is 51.2 Å². The molecule has 2 heterocycles. The number of aromatic amines is 1. The molecule has 10 heteroatoms. The number of hydrogen-bond acceptors (Lipinski definition) is 5. The Hall–Kier alpha value is -3.04. The second-order valence-electron chi connectivity index (χ2n) is 8.63. The van der Waals surface area contributed by atoms with Crippen LogP contribution in [0.5, 0.6) is 0 Å². The highest BCUT2D eigenvalue weighted by atomic mass is 19.4. The van der Waals surface area contributed by atoms with E-state index in [0.29, 0.717) is 27.7 Å². The number of amides is 1. The molecule has 1 aromatic carbocycles. The summed E-state index contributed by atoms with van der Waals surface area (Å²) in [6.45, 7) is 3.42. The van der Waals surface area contributed by atoms with Gasteiger partial charge >= 0.3 is 12.3 Å². The standard InChI is InChI=1S/C22H26F3N5O2/c1-12-16(28-20(31)32-3)7-6-13-14(10-26-17(12)13)18-15(22(23,24)25)11-27-19(29-18)30-21(2)8-4-5-9-21/h6-7,10,15,26H,4-5,8-9,11H2,1-3H3,(H,27,30)(H,28,31). The molecule has 1 saturated carbocycles.